The summed E-state index contributed by atoms with van der Waals surface area (Å²) < 4.78 is 0. The third kappa shape index (κ3) is 2.63. The van der Waals surface area contributed by atoms with Crippen molar-refractivity contribution in [2.24, 2.45) is 16.6 Å². The van der Waals surface area contributed by atoms with E-state index in [0.717, 1.165) is 16.8 Å². The van der Waals surface area contributed by atoms with Gasteiger partial charge in [-0.15, -0.1) is 0 Å². The Morgan fingerprint density at radius 3 is 2.69 bits per heavy atom. The van der Waals surface area contributed by atoms with Crippen LogP contribution in [0.1, 0.15) is 38.5 Å². The molecule has 0 saturated heterocycles. The molecule has 0 spiro atoms. The number of nitrogens with zero attached hydrogens (tertiary/aromatic N) is 1. The summed E-state index contributed by atoms with van der Waals surface area (Å²) in [6.45, 7) is 0. The first-order valence-electron chi connectivity index (χ1n) is 5.30. The number of nitrogens with two attached hydrogens (primary N) is 1. The SMILES string of the molecule is NC1=NC(CC2CCCCC2)CS1. The Labute approximate surface area is 84.4 Å². The smallest absolute Gasteiger partial charge is 0.154 e. The van der Waals surface area contributed by atoms with E-state index in [-0.39, 0.29) is 0 Å². The van der Waals surface area contributed by atoms with Crippen molar-refractivity contribution in [2.45, 2.75) is 44.6 Å². The minimum atomic E-state index is 0.535. The van der Waals surface area contributed by atoms with Crippen LogP contribution in [0.2, 0.25) is 0 Å². The Kier molecular flexibility index (Phi) is 3.14. The second-order valence-corrected chi connectivity index (χ2v) is 5.21. The molecule has 0 aromatic carbocycles. The maximum Gasteiger partial charge on any atom is 0.154 e. The number of hydrogen-bond acceptors (Lipinski definition) is 3. The van der Waals surface area contributed by atoms with Gasteiger partial charge in [0.1, 0.15) is 0 Å². The van der Waals surface area contributed by atoms with Crippen LogP contribution < -0.4 is 5.73 Å². The number of rotatable bonds is 2. The lowest BCUT2D eigenvalue weighted by Crippen LogP contribution is -2.15. The highest BCUT2D eigenvalue weighted by Gasteiger charge is 2.22. The highest BCUT2D eigenvalue weighted by Crippen LogP contribution is 2.30. The van der Waals surface area contributed by atoms with E-state index in [1.807, 2.05) is 0 Å². The summed E-state index contributed by atoms with van der Waals surface area (Å²) in [7, 11) is 0. The summed E-state index contributed by atoms with van der Waals surface area (Å²) in [4.78, 5) is 4.44. The molecule has 2 nitrogen and oxygen atoms in total. The summed E-state index contributed by atoms with van der Waals surface area (Å²) in [5.41, 5.74) is 5.64. The molecule has 2 aliphatic rings. The fourth-order valence-electron chi connectivity index (χ4n) is 2.36. The molecule has 2 N–H and O–H groups in total. The molecule has 0 bridgehead atoms. The zero-order valence-electron chi connectivity index (χ0n) is 8.04. The first-order chi connectivity index (χ1) is 6.34. The van der Waals surface area contributed by atoms with Gasteiger partial charge in [0.25, 0.3) is 0 Å². The van der Waals surface area contributed by atoms with Crippen LogP contribution in [-0.4, -0.2) is 17.0 Å². The number of thioether (sulfide) groups is 1. The summed E-state index contributed by atoms with van der Waals surface area (Å²) in [6, 6.07) is 0.535. The van der Waals surface area contributed by atoms with E-state index in [2.05, 4.69) is 4.99 Å². The molecule has 1 unspecified atom stereocenters. The van der Waals surface area contributed by atoms with Crippen molar-refractivity contribution in [1.82, 2.24) is 0 Å². The van der Waals surface area contributed by atoms with Crippen molar-refractivity contribution in [3.05, 3.63) is 0 Å². The van der Waals surface area contributed by atoms with Crippen molar-refractivity contribution < 1.29 is 0 Å². The zero-order valence-corrected chi connectivity index (χ0v) is 8.85. The molecule has 1 saturated carbocycles. The van der Waals surface area contributed by atoms with Crippen molar-refractivity contribution in [2.75, 3.05) is 5.75 Å². The minimum Gasteiger partial charge on any atom is -0.379 e. The number of aliphatic imine (C=N–C) groups is 1. The standard InChI is InChI=1S/C10H18N2S/c11-10-12-9(7-13-10)6-8-4-2-1-3-5-8/h8-9H,1-7H2,(H2,11,12). The Bertz CT molecular complexity index is 197. The molecule has 1 aliphatic carbocycles. The van der Waals surface area contributed by atoms with Gasteiger partial charge in [-0.1, -0.05) is 43.9 Å². The number of amidine groups is 1. The topological polar surface area (TPSA) is 38.4 Å². The van der Waals surface area contributed by atoms with Crippen LogP contribution in [0.3, 0.4) is 0 Å². The molecule has 74 valence electrons. The van der Waals surface area contributed by atoms with E-state index in [1.165, 1.54) is 38.5 Å². The lowest BCUT2D eigenvalue weighted by atomic mass is 9.85. The second-order valence-electron chi connectivity index (χ2n) is 4.17. The Balaban J connectivity index is 1.77. The van der Waals surface area contributed by atoms with Gasteiger partial charge in [0.15, 0.2) is 5.17 Å². The molecular weight excluding hydrogens is 180 g/mol. The molecule has 3 heteroatoms. The summed E-state index contributed by atoms with van der Waals surface area (Å²) >= 11 is 1.72. The van der Waals surface area contributed by atoms with Gasteiger partial charge in [0.05, 0.1) is 6.04 Å². The predicted molar refractivity (Wildman–Crippen MR) is 59.1 cm³/mol. The second kappa shape index (κ2) is 4.36. The predicted octanol–water partition coefficient (Wildman–Crippen LogP) is 2.39. The van der Waals surface area contributed by atoms with Crippen LogP contribution in [0.4, 0.5) is 0 Å². The van der Waals surface area contributed by atoms with Crippen LogP contribution in [0.15, 0.2) is 4.99 Å². The summed E-state index contributed by atoms with van der Waals surface area (Å²) in [6.07, 6.45) is 8.45. The molecule has 13 heavy (non-hydrogen) atoms. The highest BCUT2D eigenvalue weighted by molar-refractivity contribution is 8.14. The molecule has 0 aromatic rings. The molecule has 0 aromatic heterocycles. The van der Waals surface area contributed by atoms with Crippen LogP contribution >= 0.6 is 11.8 Å². The summed E-state index contributed by atoms with van der Waals surface area (Å²) in [5, 5.41) is 0.806. The molecule has 1 fully saturated rings. The largest absolute Gasteiger partial charge is 0.379 e. The Morgan fingerprint density at radius 1 is 1.31 bits per heavy atom. The first kappa shape index (κ1) is 9.38. The van der Waals surface area contributed by atoms with Gasteiger partial charge in [-0.25, -0.2) is 0 Å². The van der Waals surface area contributed by atoms with Crippen molar-refractivity contribution >= 4 is 16.9 Å². The monoisotopic (exact) mass is 198 g/mol. The minimum absolute atomic E-state index is 0.535. The fraction of sp³-hybridized carbons (Fsp3) is 0.900. The summed E-state index contributed by atoms with van der Waals surface area (Å²) in [5.74, 6) is 2.07. The molecule has 2 rings (SSSR count). The molecule has 0 amide bonds. The van der Waals surface area contributed by atoms with E-state index >= 15 is 0 Å². The molecular formula is C10H18N2S. The van der Waals surface area contributed by atoms with Crippen molar-refractivity contribution in [3.8, 4) is 0 Å². The average molecular weight is 198 g/mol. The van der Waals surface area contributed by atoms with Crippen LogP contribution in [0, 0.1) is 5.92 Å². The lowest BCUT2D eigenvalue weighted by molar-refractivity contribution is 0.325. The van der Waals surface area contributed by atoms with Gasteiger partial charge in [-0.05, 0) is 12.3 Å². The van der Waals surface area contributed by atoms with E-state index in [1.54, 1.807) is 11.8 Å². The third-order valence-corrected chi connectivity index (χ3v) is 4.02. The van der Waals surface area contributed by atoms with E-state index < -0.39 is 0 Å². The van der Waals surface area contributed by atoms with Gasteiger partial charge < -0.3 is 5.73 Å². The Hall–Kier alpha value is -0.180. The fourth-order valence-corrected chi connectivity index (χ4v) is 3.16. The van der Waals surface area contributed by atoms with Crippen LogP contribution in [0.25, 0.3) is 0 Å². The molecule has 0 radical (unpaired) electrons. The molecule has 1 heterocycles. The zero-order chi connectivity index (χ0) is 9.10. The average Bonchev–Trinajstić information content (AvgIpc) is 2.53. The van der Waals surface area contributed by atoms with Gasteiger partial charge >= 0.3 is 0 Å². The normalized spacial score (nSPS) is 30.5. The van der Waals surface area contributed by atoms with Gasteiger partial charge in [-0.3, -0.25) is 4.99 Å². The van der Waals surface area contributed by atoms with Crippen LogP contribution in [-0.2, 0) is 0 Å². The van der Waals surface area contributed by atoms with Crippen molar-refractivity contribution in [3.63, 3.8) is 0 Å². The molecule has 1 aliphatic heterocycles. The van der Waals surface area contributed by atoms with Crippen molar-refractivity contribution in [1.29, 1.82) is 0 Å². The first-order valence-corrected chi connectivity index (χ1v) is 6.29. The van der Waals surface area contributed by atoms with Crippen LogP contribution in [0.5, 0.6) is 0 Å². The van der Waals surface area contributed by atoms with E-state index in [4.69, 9.17) is 5.73 Å². The van der Waals surface area contributed by atoms with E-state index in [0.29, 0.717) is 6.04 Å². The van der Waals surface area contributed by atoms with E-state index in [9.17, 15) is 0 Å². The van der Waals surface area contributed by atoms with Gasteiger partial charge in [-0.2, -0.15) is 0 Å². The highest BCUT2D eigenvalue weighted by atomic mass is 32.2. The quantitative estimate of drug-likeness (QED) is 0.740. The lowest BCUT2D eigenvalue weighted by Gasteiger charge is -2.22. The van der Waals surface area contributed by atoms with Gasteiger partial charge in [0.2, 0.25) is 0 Å². The Morgan fingerprint density at radius 2 is 2.08 bits per heavy atom. The molecule has 1 atom stereocenters. The van der Waals surface area contributed by atoms with Gasteiger partial charge in [0, 0.05) is 5.75 Å². The maximum absolute atomic E-state index is 5.64. The maximum atomic E-state index is 5.64. The number of hydrogen-bond donors (Lipinski definition) is 1. The third-order valence-electron chi connectivity index (χ3n) is 3.06.